The first kappa shape index (κ1) is 11.9. The van der Waals surface area contributed by atoms with Crippen LogP contribution in [0.2, 0.25) is 19.6 Å². The highest BCUT2D eigenvalue weighted by atomic mass is 28.3. The number of carbonyl (C=O) groups is 1. The molecular formula is C11H15FO2Si. The summed E-state index contributed by atoms with van der Waals surface area (Å²) >= 11 is 0. The molecule has 0 saturated carbocycles. The van der Waals surface area contributed by atoms with E-state index >= 15 is 0 Å². The van der Waals surface area contributed by atoms with Crippen molar-refractivity contribution in [3.05, 3.63) is 29.6 Å². The van der Waals surface area contributed by atoms with Crippen LogP contribution in [0.5, 0.6) is 0 Å². The van der Waals surface area contributed by atoms with Crippen LogP contribution in [0.4, 0.5) is 4.39 Å². The fourth-order valence-corrected chi connectivity index (χ4v) is 2.42. The van der Waals surface area contributed by atoms with Gasteiger partial charge in [-0.2, -0.15) is 0 Å². The quantitative estimate of drug-likeness (QED) is 0.570. The largest absolute Gasteiger partial charge is 0.465 e. The maximum absolute atomic E-state index is 13.3. The van der Waals surface area contributed by atoms with Crippen molar-refractivity contribution in [3.63, 3.8) is 0 Å². The van der Waals surface area contributed by atoms with E-state index in [1.165, 1.54) is 19.2 Å². The number of carbonyl (C=O) groups excluding carboxylic acids is 1. The molecule has 0 unspecified atom stereocenters. The summed E-state index contributed by atoms with van der Waals surface area (Å²) in [7, 11) is -0.309. The van der Waals surface area contributed by atoms with E-state index in [2.05, 4.69) is 24.4 Å². The second-order valence-electron chi connectivity index (χ2n) is 4.47. The molecule has 0 saturated heterocycles. The third-order valence-electron chi connectivity index (χ3n) is 2.18. The summed E-state index contributed by atoms with van der Waals surface area (Å²) in [5.41, 5.74) is 0.287. The van der Waals surface area contributed by atoms with Gasteiger partial charge < -0.3 is 4.74 Å². The minimum atomic E-state index is -1.60. The fourth-order valence-electron chi connectivity index (χ4n) is 1.26. The van der Waals surface area contributed by atoms with Crippen molar-refractivity contribution in [3.8, 4) is 0 Å². The number of halogens is 1. The molecule has 0 atom stereocenters. The average molecular weight is 226 g/mol. The summed E-state index contributed by atoms with van der Waals surface area (Å²) in [5, 5.41) is 0.919. The van der Waals surface area contributed by atoms with Crippen LogP contribution < -0.4 is 5.19 Å². The van der Waals surface area contributed by atoms with Crippen molar-refractivity contribution < 1.29 is 13.9 Å². The zero-order valence-corrected chi connectivity index (χ0v) is 10.4. The van der Waals surface area contributed by atoms with E-state index in [9.17, 15) is 9.18 Å². The maximum atomic E-state index is 13.3. The van der Waals surface area contributed by atoms with Gasteiger partial charge in [0.2, 0.25) is 0 Å². The van der Waals surface area contributed by atoms with Crippen molar-refractivity contribution in [2.45, 2.75) is 19.6 Å². The Morgan fingerprint density at radius 3 is 2.33 bits per heavy atom. The summed E-state index contributed by atoms with van der Waals surface area (Å²) in [6.45, 7) is 6.30. The van der Waals surface area contributed by atoms with Crippen LogP contribution in [0, 0.1) is 5.82 Å². The first-order valence-electron chi connectivity index (χ1n) is 4.74. The Kier molecular flexibility index (Phi) is 3.29. The molecule has 0 aliphatic heterocycles. The molecule has 0 heterocycles. The Labute approximate surface area is 90.1 Å². The molecule has 4 heteroatoms. The standard InChI is InChI=1S/C11H15FO2Si/c1-14-11(13)8-5-9(12)7-10(6-8)15(2,3)4/h5-7H,1-4H3. The van der Waals surface area contributed by atoms with E-state index < -0.39 is 14.0 Å². The minimum Gasteiger partial charge on any atom is -0.465 e. The molecule has 0 amide bonds. The van der Waals surface area contributed by atoms with Gasteiger partial charge in [-0.1, -0.05) is 24.8 Å². The van der Waals surface area contributed by atoms with Crippen LogP contribution in [0.3, 0.4) is 0 Å². The molecule has 1 rings (SSSR count). The van der Waals surface area contributed by atoms with Crippen LogP contribution in [0.25, 0.3) is 0 Å². The van der Waals surface area contributed by atoms with Crippen LogP contribution in [0.15, 0.2) is 18.2 Å². The lowest BCUT2D eigenvalue weighted by atomic mass is 10.2. The molecule has 0 fully saturated rings. The highest BCUT2D eigenvalue weighted by Gasteiger charge is 2.19. The van der Waals surface area contributed by atoms with Crippen molar-refractivity contribution in [2.24, 2.45) is 0 Å². The Balaban J connectivity index is 3.23. The molecular weight excluding hydrogens is 211 g/mol. The van der Waals surface area contributed by atoms with E-state index in [-0.39, 0.29) is 11.4 Å². The predicted molar refractivity (Wildman–Crippen MR) is 60.7 cm³/mol. The van der Waals surface area contributed by atoms with Crippen molar-refractivity contribution >= 4 is 19.2 Å². The first-order chi connectivity index (χ1) is 6.84. The Bertz CT molecular complexity index is 383. The number of methoxy groups -OCH3 is 1. The van der Waals surface area contributed by atoms with Gasteiger partial charge in [0.05, 0.1) is 20.7 Å². The minimum absolute atomic E-state index is 0.287. The molecule has 0 radical (unpaired) electrons. The smallest absolute Gasteiger partial charge is 0.337 e. The third-order valence-corrected chi connectivity index (χ3v) is 4.21. The molecule has 2 nitrogen and oxygen atoms in total. The molecule has 82 valence electrons. The molecule has 0 aromatic heterocycles. The second kappa shape index (κ2) is 4.14. The Hall–Kier alpha value is -1.16. The van der Waals surface area contributed by atoms with Gasteiger partial charge in [0, 0.05) is 0 Å². The highest BCUT2D eigenvalue weighted by Crippen LogP contribution is 2.09. The summed E-state index contributed by atoms with van der Waals surface area (Å²) in [6.07, 6.45) is 0. The molecule has 0 spiro atoms. The molecule has 0 N–H and O–H groups in total. The predicted octanol–water partition coefficient (Wildman–Crippen LogP) is 2.16. The summed E-state index contributed by atoms with van der Waals surface area (Å²) in [5.74, 6) is -0.871. The monoisotopic (exact) mass is 226 g/mol. The van der Waals surface area contributed by atoms with Gasteiger partial charge in [-0.05, 0) is 18.2 Å². The topological polar surface area (TPSA) is 26.3 Å². The number of rotatable bonds is 2. The number of hydrogen-bond acceptors (Lipinski definition) is 2. The summed E-state index contributed by atoms with van der Waals surface area (Å²) in [6, 6.07) is 4.43. The third kappa shape index (κ3) is 2.89. The Morgan fingerprint density at radius 1 is 1.27 bits per heavy atom. The van der Waals surface area contributed by atoms with Gasteiger partial charge >= 0.3 is 5.97 Å². The van der Waals surface area contributed by atoms with E-state index in [4.69, 9.17) is 0 Å². The molecule has 0 aliphatic carbocycles. The van der Waals surface area contributed by atoms with E-state index in [1.807, 2.05) is 0 Å². The second-order valence-corrected chi connectivity index (χ2v) is 9.55. The highest BCUT2D eigenvalue weighted by molar-refractivity contribution is 6.88. The van der Waals surface area contributed by atoms with Crippen LogP contribution in [-0.4, -0.2) is 21.2 Å². The van der Waals surface area contributed by atoms with E-state index in [1.54, 1.807) is 6.07 Å². The zero-order chi connectivity index (χ0) is 11.6. The fraction of sp³-hybridized carbons (Fsp3) is 0.364. The van der Waals surface area contributed by atoms with Gasteiger partial charge in [-0.3, -0.25) is 0 Å². The normalized spacial score (nSPS) is 11.3. The lowest BCUT2D eigenvalue weighted by molar-refractivity contribution is 0.0600. The zero-order valence-electron chi connectivity index (χ0n) is 9.43. The van der Waals surface area contributed by atoms with Gasteiger partial charge in [-0.15, -0.1) is 0 Å². The van der Waals surface area contributed by atoms with E-state index in [0.29, 0.717) is 0 Å². The first-order valence-corrected chi connectivity index (χ1v) is 8.24. The maximum Gasteiger partial charge on any atom is 0.337 e. The number of benzene rings is 1. The van der Waals surface area contributed by atoms with Gasteiger partial charge in [0.1, 0.15) is 5.82 Å². The summed E-state index contributed by atoms with van der Waals surface area (Å²) < 4.78 is 17.8. The van der Waals surface area contributed by atoms with E-state index in [0.717, 1.165) is 5.19 Å². The molecule has 15 heavy (non-hydrogen) atoms. The number of hydrogen-bond donors (Lipinski definition) is 0. The molecule has 1 aromatic rings. The van der Waals surface area contributed by atoms with Gasteiger partial charge in [0.15, 0.2) is 0 Å². The Morgan fingerprint density at radius 2 is 1.87 bits per heavy atom. The number of esters is 1. The van der Waals surface area contributed by atoms with Crippen molar-refractivity contribution in [1.29, 1.82) is 0 Å². The molecule has 1 aromatic carbocycles. The molecule has 0 aliphatic rings. The van der Waals surface area contributed by atoms with Gasteiger partial charge in [0.25, 0.3) is 0 Å². The summed E-state index contributed by atoms with van der Waals surface area (Å²) in [4.78, 5) is 11.3. The number of ether oxygens (including phenoxy) is 1. The van der Waals surface area contributed by atoms with Crippen molar-refractivity contribution in [1.82, 2.24) is 0 Å². The molecule has 0 bridgehead atoms. The van der Waals surface area contributed by atoms with Gasteiger partial charge in [-0.25, -0.2) is 9.18 Å². The van der Waals surface area contributed by atoms with Crippen molar-refractivity contribution in [2.75, 3.05) is 7.11 Å². The van der Waals surface area contributed by atoms with Crippen LogP contribution in [-0.2, 0) is 4.74 Å². The van der Waals surface area contributed by atoms with Crippen LogP contribution in [0.1, 0.15) is 10.4 Å². The lowest BCUT2D eigenvalue weighted by Crippen LogP contribution is -2.38. The lowest BCUT2D eigenvalue weighted by Gasteiger charge is -2.17. The SMILES string of the molecule is COC(=O)c1cc(F)cc([Si](C)(C)C)c1. The average Bonchev–Trinajstić information content (AvgIpc) is 2.14. The van der Waals surface area contributed by atoms with Crippen LogP contribution >= 0.6 is 0 Å².